The molecule has 1 fully saturated rings. The minimum Gasteiger partial charge on any atom is -0.463 e. The summed E-state index contributed by atoms with van der Waals surface area (Å²) >= 11 is 3.33. The summed E-state index contributed by atoms with van der Waals surface area (Å²) in [6.45, 7) is 3.31. The second kappa shape index (κ2) is 7.80. The molecule has 134 valence electrons. The number of rotatable bonds is 5. The molecular weight excluding hydrogens is 406 g/mol. The summed E-state index contributed by atoms with van der Waals surface area (Å²) in [6.07, 6.45) is 5.15. The van der Waals surface area contributed by atoms with Gasteiger partial charge in [0.15, 0.2) is 0 Å². The molecule has 2 aromatic rings. The van der Waals surface area contributed by atoms with Crippen molar-refractivity contribution in [2.45, 2.75) is 24.7 Å². The van der Waals surface area contributed by atoms with Crippen LogP contribution in [0.5, 0.6) is 6.01 Å². The highest BCUT2D eigenvalue weighted by Gasteiger charge is 2.30. The molecule has 25 heavy (non-hydrogen) atoms. The number of sulfonamides is 1. The van der Waals surface area contributed by atoms with Crippen LogP contribution in [-0.4, -0.2) is 42.4 Å². The van der Waals surface area contributed by atoms with Gasteiger partial charge in [-0.15, -0.1) is 0 Å². The molecule has 6 nitrogen and oxygen atoms in total. The molecule has 1 aliphatic rings. The van der Waals surface area contributed by atoms with E-state index in [4.69, 9.17) is 4.74 Å². The van der Waals surface area contributed by atoms with Gasteiger partial charge in [-0.3, -0.25) is 0 Å². The third-order valence-electron chi connectivity index (χ3n) is 4.14. The van der Waals surface area contributed by atoms with E-state index >= 15 is 0 Å². The molecule has 0 N–H and O–H groups in total. The molecule has 2 heterocycles. The van der Waals surface area contributed by atoms with Crippen LogP contribution < -0.4 is 4.74 Å². The van der Waals surface area contributed by atoms with Gasteiger partial charge >= 0.3 is 6.01 Å². The van der Waals surface area contributed by atoms with Crippen LogP contribution in [-0.2, 0) is 10.0 Å². The van der Waals surface area contributed by atoms with E-state index < -0.39 is 10.0 Å². The van der Waals surface area contributed by atoms with Gasteiger partial charge < -0.3 is 4.74 Å². The van der Waals surface area contributed by atoms with Crippen LogP contribution in [0.2, 0.25) is 0 Å². The van der Waals surface area contributed by atoms with Crippen molar-refractivity contribution in [2.75, 3.05) is 19.7 Å². The van der Waals surface area contributed by atoms with E-state index in [0.29, 0.717) is 30.6 Å². The summed E-state index contributed by atoms with van der Waals surface area (Å²) in [5, 5.41) is 0. The minimum absolute atomic E-state index is 0.129. The fourth-order valence-corrected chi connectivity index (χ4v) is 4.60. The number of aromatic nitrogens is 2. The van der Waals surface area contributed by atoms with Crippen molar-refractivity contribution in [3.63, 3.8) is 0 Å². The monoisotopic (exact) mass is 425 g/mol. The van der Waals surface area contributed by atoms with E-state index in [1.54, 1.807) is 41.0 Å². The topological polar surface area (TPSA) is 72.4 Å². The summed E-state index contributed by atoms with van der Waals surface area (Å²) in [4.78, 5) is 8.55. The number of benzene rings is 1. The largest absolute Gasteiger partial charge is 0.463 e. The fourth-order valence-electron chi connectivity index (χ4n) is 2.78. The van der Waals surface area contributed by atoms with E-state index in [1.807, 2.05) is 6.92 Å². The van der Waals surface area contributed by atoms with Crippen molar-refractivity contribution < 1.29 is 13.2 Å². The Morgan fingerprint density at radius 2 is 1.92 bits per heavy atom. The Hall–Kier alpha value is -1.51. The van der Waals surface area contributed by atoms with Crippen LogP contribution >= 0.6 is 15.9 Å². The molecule has 1 unspecified atom stereocenters. The zero-order valence-corrected chi connectivity index (χ0v) is 16.3. The van der Waals surface area contributed by atoms with Crippen molar-refractivity contribution in [3.8, 4) is 6.01 Å². The first-order chi connectivity index (χ1) is 11.9. The van der Waals surface area contributed by atoms with E-state index in [-0.39, 0.29) is 5.92 Å². The smallest absolute Gasteiger partial charge is 0.316 e. The number of halogens is 1. The lowest BCUT2D eigenvalue weighted by molar-refractivity contribution is 0.171. The Bertz CT molecular complexity index is 810. The maximum atomic E-state index is 12.8. The number of nitrogens with zero attached hydrogens (tertiary/aromatic N) is 3. The quantitative estimate of drug-likeness (QED) is 0.735. The molecule has 0 radical (unpaired) electrons. The average Bonchev–Trinajstić information content (AvgIpc) is 2.62. The SMILES string of the molecule is Cc1cnc(OCC2CCCN(S(=O)(=O)c3ccc(Br)cc3)C2)nc1. The fraction of sp³-hybridized carbons (Fsp3) is 0.412. The Kier molecular flexibility index (Phi) is 5.71. The second-order valence-electron chi connectivity index (χ2n) is 6.18. The molecule has 0 aliphatic carbocycles. The molecule has 0 spiro atoms. The van der Waals surface area contributed by atoms with Crippen LogP contribution in [0.15, 0.2) is 46.0 Å². The minimum atomic E-state index is -3.47. The maximum Gasteiger partial charge on any atom is 0.316 e. The van der Waals surface area contributed by atoms with Gasteiger partial charge in [0.2, 0.25) is 10.0 Å². The molecule has 8 heteroatoms. The summed E-state index contributed by atoms with van der Waals surface area (Å²) in [6, 6.07) is 7.07. The summed E-state index contributed by atoms with van der Waals surface area (Å²) in [7, 11) is -3.47. The Balaban J connectivity index is 1.64. The third kappa shape index (κ3) is 4.56. The lowest BCUT2D eigenvalue weighted by Crippen LogP contribution is -2.41. The highest BCUT2D eigenvalue weighted by atomic mass is 79.9. The van der Waals surface area contributed by atoms with Crippen LogP contribution in [0.3, 0.4) is 0 Å². The zero-order chi connectivity index (χ0) is 17.9. The van der Waals surface area contributed by atoms with Gasteiger partial charge in [-0.25, -0.2) is 18.4 Å². The van der Waals surface area contributed by atoms with Gasteiger partial charge in [0.25, 0.3) is 0 Å². The summed E-state index contributed by atoms with van der Waals surface area (Å²) in [5.74, 6) is 0.129. The Morgan fingerprint density at radius 1 is 1.24 bits per heavy atom. The first-order valence-corrected chi connectivity index (χ1v) is 10.4. The van der Waals surface area contributed by atoms with Crippen molar-refractivity contribution in [2.24, 2.45) is 5.92 Å². The predicted molar refractivity (Wildman–Crippen MR) is 97.9 cm³/mol. The second-order valence-corrected chi connectivity index (χ2v) is 9.03. The normalized spacial score (nSPS) is 18.9. The summed E-state index contributed by atoms with van der Waals surface area (Å²) in [5.41, 5.74) is 0.969. The average molecular weight is 426 g/mol. The lowest BCUT2D eigenvalue weighted by atomic mass is 10.0. The van der Waals surface area contributed by atoms with Crippen LogP contribution in [0.25, 0.3) is 0 Å². The van der Waals surface area contributed by atoms with Gasteiger partial charge in [0.05, 0.1) is 11.5 Å². The number of hydrogen-bond donors (Lipinski definition) is 0. The Labute approximate surface area is 156 Å². The number of hydrogen-bond acceptors (Lipinski definition) is 5. The van der Waals surface area contributed by atoms with E-state index in [1.165, 1.54) is 0 Å². The molecule has 3 rings (SSSR count). The molecule has 0 amide bonds. The zero-order valence-electron chi connectivity index (χ0n) is 13.9. The molecule has 1 aromatic carbocycles. The third-order valence-corrected chi connectivity index (χ3v) is 6.55. The molecule has 1 saturated heterocycles. The molecule has 1 aliphatic heterocycles. The standard InChI is InChI=1S/C17H20BrN3O3S/c1-13-9-19-17(20-10-13)24-12-14-3-2-8-21(11-14)25(22,23)16-6-4-15(18)5-7-16/h4-7,9-10,14H,2-3,8,11-12H2,1H3. The molecule has 0 bridgehead atoms. The summed E-state index contributed by atoms with van der Waals surface area (Å²) < 4.78 is 33.6. The number of ether oxygens (including phenoxy) is 1. The van der Waals surface area contributed by atoms with Crippen LogP contribution in [0, 0.1) is 12.8 Å². The Morgan fingerprint density at radius 3 is 2.60 bits per heavy atom. The molecule has 0 saturated carbocycles. The van der Waals surface area contributed by atoms with Crippen molar-refractivity contribution >= 4 is 26.0 Å². The van der Waals surface area contributed by atoms with Gasteiger partial charge in [-0.05, 0) is 49.6 Å². The van der Waals surface area contributed by atoms with Gasteiger partial charge in [0.1, 0.15) is 0 Å². The first-order valence-electron chi connectivity index (χ1n) is 8.12. The maximum absolute atomic E-state index is 12.8. The molecule has 1 aromatic heterocycles. The lowest BCUT2D eigenvalue weighted by Gasteiger charge is -2.31. The van der Waals surface area contributed by atoms with Crippen molar-refractivity contribution in [1.29, 1.82) is 0 Å². The van der Waals surface area contributed by atoms with Crippen LogP contribution in [0.4, 0.5) is 0 Å². The van der Waals surface area contributed by atoms with Gasteiger partial charge in [-0.1, -0.05) is 15.9 Å². The van der Waals surface area contributed by atoms with E-state index in [2.05, 4.69) is 25.9 Å². The number of piperidine rings is 1. The molecular formula is C17H20BrN3O3S. The highest BCUT2D eigenvalue weighted by Crippen LogP contribution is 2.25. The van der Waals surface area contributed by atoms with E-state index in [0.717, 1.165) is 22.9 Å². The number of aryl methyl sites for hydroxylation is 1. The van der Waals surface area contributed by atoms with Crippen molar-refractivity contribution in [1.82, 2.24) is 14.3 Å². The highest BCUT2D eigenvalue weighted by molar-refractivity contribution is 9.10. The first kappa shape index (κ1) is 18.3. The van der Waals surface area contributed by atoms with Gasteiger partial charge in [0, 0.05) is 35.9 Å². The molecule has 1 atom stereocenters. The van der Waals surface area contributed by atoms with E-state index in [9.17, 15) is 8.42 Å². The van der Waals surface area contributed by atoms with Crippen molar-refractivity contribution in [3.05, 3.63) is 46.7 Å². The van der Waals surface area contributed by atoms with Crippen LogP contribution in [0.1, 0.15) is 18.4 Å². The van der Waals surface area contributed by atoms with Gasteiger partial charge in [-0.2, -0.15) is 4.31 Å². The predicted octanol–water partition coefficient (Wildman–Crippen LogP) is 3.03.